The molecule has 0 saturated carbocycles. The fourth-order valence-corrected chi connectivity index (χ4v) is 3.47. The van der Waals surface area contributed by atoms with Crippen molar-refractivity contribution in [2.45, 2.75) is 11.1 Å². The van der Waals surface area contributed by atoms with E-state index in [4.69, 9.17) is 4.74 Å². The lowest BCUT2D eigenvalue weighted by atomic mass is 10.1. The molecule has 2 N–H and O–H groups in total. The number of hydrogen-bond acceptors (Lipinski definition) is 5. The van der Waals surface area contributed by atoms with E-state index in [1.54, 1.807) is 12.1 Å². The van der Waals surface area contributed by atoms with Crippen molar-refractivity contribution in [3.8, 4) is 5.75 Å². The van der Waals surface area contributed by atoms with Crippen LogP contribution in [0.1, 0.15) is 5.56 Å². The number of aromatic hydroxyl groups is 1. The van der Waals surface area contributed by atoms with Crippen molar-refractivity contribution in [2.24, 2.45) is 0 Å². The molecular formula is C19H19F3N2O3S. The molecule has 9 heteroatoms. The molecule has 28 heavy (non-hydrogen) atoms. The van der Waals surface area contributed by atoms with E-state index in [2.05, 4.69) is 5.32 Å². The zero-order valence-corrected chi connectivity index (χ0v) is 15.6. The molecule has 1 fully saturated rings. The molecule has 0 aromatic heterocycles. The maximum absolute atomic E-state index is 13.1. The van der Waals surface area contributed by atoms with Gasteiger partial charge in [0.25, 0.3) is 0 Å². The number of phenolic OH excluding ortho intramolecular Hbond substituents is 1. The summed E-state index contributed by atoms with van der Waals surface area (Å²) in [6, 6.07) is 9.71. The third kappa shape index (κ3) is 5.32. The van der Waals surface area contributed by atoms with Crippen molar-refractivity contribution in [1.82, 2.24) is 0 Å². The number of ether oxygens (including phenoxy) is 1. The van der Waals surface area contributed by atoms with E-state index < -0.39 is 17.6 Å². The van der Waals surface area contributed by atoms with E-state index in [0.717, 1.165) is 17.0 Å². The Kier molecular flexibility index (Phi) is 6.35. The minimum Gasteiger partial charge on any atom is -0.508 e. The van der Waals surface area contributed by atoms with Crippen LogP contribution in [-0.2, 0) is 15.7 Å². The lowest BCUT2D eigenvalue weighted by molar-refractivity contribution is -0.137. The fourth-order valence-electron chi connectivity index (χ4n) is 2.77. The number of alkyl halides is 3. The number of amides is 1. The molecule has 150 valence electrons. The highest BCUT2D eigenvalue weighted by atomic mass is 32.2. The monoisotopic (exact) mass is 412 g/mol. The smallest absolute Gasteiger partial charge is 0.416 e. The van der Waals surface area contributed by atoms with Crippen LogP contribution >= 0.6 is 11.8 Å². The molecule has 1 heterocycles. The summed E-state index contributed by atoms with van der Waals surface area (Å²) in [6.07, 6.45) is -4.50. The van der Waals surface area contributed by atoms with Crippen LogP contribution in [0.15, 0.2) is 47.4 Å². The number of carbonyl (C=O) groups excluding carboxylic acids is 1. The molecule has 0 aliphatic carbocycles. The molecule has 3 rings (SSSR count). The Bertz CT molecular complexity index is 822. The van der Waals surface area contributed by atoms with Crippen molar-refractivity contribution in [2.75, 3.05) is 42.3 Å². The fraction of sp³-hybridized carbons (Fsp3) is 0.316. The maximum Gasteiger partial charge on any atom is 0.416 e. The average molecular weight is 412 g/mol. The van der Waals surface area contributed by atoms with Crippen molar-refractivity contribution in [1.29, 1.82) is 0 Å². The predicted molar refractivity (Wildman–Crippen MR) is 102 cm³/mol. The zero-order valence-electron chi connectivity index (χ0n) is 14.8. The predicted octanol–water partition coefficient (Wildman–Crippen LogP) is 3.98. The number of rotatable bonds is 5. The van der Waals surface area contributed by atoms with Gasteiger partial charge in [-0.15, -0.1) is 11.8 Å². The molecule has 1 saturated heterocycles. The van der Waals surface area contributed by atoms with Gasteiger partial charge >= 0.3 is 6.18 Å². The summed E-state index contributed by atoms with van der Waals surface area (Å²) in [7, 11) is 0. The first kappa shape index (κ1) is 20.3. The second kappa shape index (κ2) is 8.74. The summed E-state index contributed by atoms with van der Waals surface area (Å²) in [5.74, 6) is -0.261. The molecular weight excluding hydrogens is 393 g/mol. The molecule has 0 unspecified atom stereocenters. The van der Waals surface area contributed by atoms with Gasteiger partial charge in [-0.05, 0) is 42.5 Å². The van der Waals surface area contributed by atoms with E-state index in [1.165, 1.54) is 30.0 Å². The quantitative estimate of drug-likeness (QED) is 0.728. The number of anilines is 2. The Morgan fingerprint density at radius 3 is 2.46 bits per heavy atom. The van der Waals surface area contributed by atoms with Gasteiger partial charge in [0.2, 0.25) is 5.91 Å². The minimum absolute atomic E-state index is 0.0313. The molecule has 1 amide bonds. The van der Waals surface area contributed by atoms with Gasteiger partial charge in [-0.25, -0.2) is 0 Å². The number of halogens is 3. The van der Waals surface area contributed by atoms with Crippen LogP contribution in [0.3, 0.4) is 0 Å². The van der Waals surface area contributed by atoms with E-state index >= 15 is 0 Å². The third-order valence-electron chi connectivity index (χ3n) is 4.16. The van der Waals surface area contributed by atoms with Crippen LogP contribution in [-0.4, -0.2) is 43.1 Å². The van der Waals surface area contributed by atoms with Gasteiger partial charge in [0.15, 0.2) is 0 Å². The van der Waals surface area contributed by atoms with Gasteiger partial charge in [0.1, 0.15) is 5.75 Å². The van der Waals surface area contributed by atoms with Gasteiger partial charge in [0.05, 0.1) is 35.9 Å². The van der Waals surface area contributed by atoms with Crippen LogP contribution in [0, 0.1) is 0 Å². The molecule has 1 aliphatic rings. The number of thioether (sulfide) groups is 1. The molecule has 2 aromatic carbocycles. The molecule has 0 atom stereocenters. The molecule has 2 aromatic rings. The van der Waals surface area contributed by atoms with Crippen molar-refractivity contribution in [3.05, 3.63) is 48.0 Å². The topological polar surface area (TPSA) is 61.8 Å². The van der Waals surface area contributed by atoms with Crippen molar-refractivity contribution < 1.29 is 27.8 Å². The van der Waals surface area contributed by atoms with E-state index in [1.807, 2.05) is 4.90 Å². The maximum atomic E-state index is 13.1. The third-order valence-corrected chi connectivity index (χ3v) is 5.17. The van der Waals surface area contributed by atoms with Crippen LogP contribution in [0.25, 0.3) is 0 Å². The molecule has 0 bridgehead atoms. The van der Waals surface area contributed by atoms with E-state index in [0.29, 0.717) is 32.0 Å². The van der Waals surface area contributed by atoms with Crippen molar-refractivity contribution >= 4 is 29.0 Å². The Morgan fingerprint density at radius 2 is 1.82 bits per heavy atom. The second-order valence-electron chi connectivity index (χ2n) is 6.16. The first-order chi connectivity index (χ1) is 13.3. The van der Waals surface area contributed by atoms with E-state index in [9.17, 15) is 23.1 Å². The number of hydrogen-bond donors (Lipinski definition) is 2. The molecule has 5 nitrogen and oxygen atoms in total. The molecule has 1 aliphatic heterocycles. The summed E-state index contributed by atoms with van der Waals surface area (Å²) in [5.41, 5.74) is -0.140. The van der Waals surface area contributed by atoms with Crippen LogP contribution in [0.2, 0.25) is 0 Å². The van der Waals surface area contributed by atoms with Gasteiger partial charge < -0.3 is 20.1 Å². The second-order valence-corrected chi connectivity index (χ2v) is 7.21. The average Bonchev–Trinajstić information content (AvgIpc) is 2.67. The summed E-state index contributed by atoms with van der Waals surface area (Å²) in [6.45, 7) is 2.03. The Morgan fingerprint density at radius 1 is 1.14 bits per heavy atom. The van der Waals surface area contributed by atoms with Gasteiger partial charge in [0, 0.05) is 18.0 Å². The Balaban J connectivity index is 1.75. The number of nitrogens with one attached hydrogen (secondary N) is 1. The lowest BCUT2D eigenvalue weighted by Crippen LogP contribution is -2.37. The number of benzene rings is 2. The number of nitrogens with zero attached hydrogens (tertiary/aromatic N) is 1. The zero-order chi connectivity index (χ0) is 20.1. The van der Waals surface area contributed by atoms with Crippen LogP contribution in [0.4, 0.5) is 24.5 Å². The summed E-state index contributed by atoms with van der Waals surface area (Å²) < 4.78 is 44.6. The van der Waals surface area contributed by atoms with E-state index in [-0.39, 0.29) is 17.2 Å². The largest absolute Gasteiger partial charge is 0.508 e. The number of phenols is 1. The van der Waals surface area contributed by atoms with Gasteiger partial charge in [-0.1, -0.05) is 0 Å². The molecule has 0 radical (unpaired) electrons. The Hall–Kier alpha value is -2.39. The van der Waals surface area contributed by atoms with Crippen molar-refractivity contribution in [3.63, 3.8) is 0 Å². The van der Waals surface area contributed by atoms with Crippen LogP contribution in [0.5, 0.6) is 5.75 Å². The lowest BCUT2D eigenvalue weighted by Gasteiger charge is -2.31. The van der Waals surface area contributed by atoms with Gasteiger partial charge in [-0.3, -0.25) is 4.79 Å². The highest BCUT2D eigenvalue weighted by molar-refractivity contribution is 8.00. The number of morpholine rings is 1. The first-order valence-electron chi connectivity index (χ1n) is 8.58. The summed E-state index contributed by atoms with van der Waals surface area (Å²) in [4.78, 5) is 15.0. The SMILES string of the molecule is O=C(CSc1ccc(O)cc1)Nc1cc(C(F)(F)F)ccc1N1CCOCC1. The summed E-state index contributed by atoms with van der Waals surface area (Å²) in [5, 5.41) is 11.9. The minimum atomic E-state index is -4.50. The standard InChI is InChI=1S/C19H19F3N2O3S/c20-19(21,22)13-1-6-17(24-7-9-27-10-8-24)16(11-13)23-18(26)12-28-15-4-2-14(25)3-5-15/h1-6,11,25H,7-10,12H2,(H,23,26). The number of carbonyl (C=O) groups is 1. The Labute approximate surface area is 164 Å². The highest BCUT2D eigenvalue weighted by Crippen LogP contribution is 2.36. The molecule has 0 spiro atoms. The van der Waals surface area contributed by atoms with Crippen LogP contribution < -0.4 is 10.2 Å². The first-order valence-corrected chi connectivity index (χ1v) is 9.57. The van der Waals surface area contributed by atoms with Gasteiger partial charge in [-0.2, -0.15) is 13.2 Å². The highest BCUT2D eigenvalue weighted by Gasteiger charge is 2.31. The normalized spacial score (nSPS) is 14.8. The summed E-state index contributed by atoms with van der Waals surface area (Å²) >= 11 is 1.23.